The van der Waals surface area contributed by atoms with Crippen molar-refractivity contribution in [3.8, 4) is 0 Å². The maximum absolute atomic E-state index is 4.27. The van der Waals surface area contributed by atoms with Crippen molar-refractivity contribution in [3.05, 3.63) is 71.7 Å². The molecule has 0 bridgehead atoms. The Bertz CT molecular complexity index is 921. The number of aryl methyl sites for hydroxylation is 1. The van der Waals surface area contributed by atoms with E-state index in [1.165, 1.54) is 33.3 Å². The van der Waals surface area contributed by atoms with Crippen LogP contribution in [0.4, 0.5) is 0 Å². The Balaban J connectivity index is 1.72. The third-order valence-electron chi connectivity index (χ3n) is 5.84. The molecule has 25 heavy (non-hydrogen) atoms. The van der Waals surface area contributed by atoms with Gasteiger partial charge in [0.25, 0.3) is 0 Å². The molecule has 4 rings (SSSR count). The first kappa shape index (κ1) is 16.1. The monoisotopic (exact) mass is 331 g/mol. The summed E-state index contributed by atoms with van der Waals surface area (Å²) in [4.78, 5) is 10.3. The molecule has 3 heteroatoms. The van der Waals surface area contributed by atoms with Crippen LogP contribution in [0.2, 0.25) is 0 Å². The second-order valence-corrected chi connectivity index (χ2v) is 7.27. The third kappa shape index (κ3) is 2.59. The van der Waals surface area contributed by atoms with E-state index in [9.17, 15) is 0 Å². The van der Waals surface area contributed by atoms with Crippen LogP contribution in [0.3, 0.4) is 0 Å². The molecule has 1 aliphatic carbocycles. The highest BCUT2D eigenvalue weighted by Crippen LogP contribution is 2.43. The summed E-state index contributed by atoms with van der Waals surface area (Å²) >= 11 is 0. The van der Waals surface area contributed by atoms with Gasteiger partial charge in [-0.2, -0.15) is 0 Å². The Hall–Kier alpha value is -2.39. The van der Waals surface area contributed by atoms with Gasteiger partial charge in [-0.3, -0.25) is 9.88 Å². The van der Waals surface area contributed by atoms with Gasteiger partial charge in [0, 0.05) is 34.5 Å². The van der Waals surface area contributed by atoms with Crippen LogP contribution < -0.4 is 0 Å². The summed E-state index contributed by atoms with van der Waals surface area (Å²) in [7, 11) is 4.40. The molecule has 1 unspecified atom stereocenters. The zero-order valence-corrected chi connectivity index (χ0v) is 15.2. The number of hydrogen-bond acceptors (Lipinski definition) is 2. The zero-order valence-electron chi connectivity index (χ0n) is 15.2. The molecule has 1 aliphatic rings. The van der Waals surface area contributed by atoms with Crippen LogP contribution in [0.1, 0.15) is 36.1 Å². The molecule has 0 radical (unpaired) electrons. The Morgan fingerprint density at radius 3 is 2.56 bits per heavy atom. The summed E-state index contributed by atoms with van der Waals surface area (Å²) < 4.78 is 0. The lowest BCUT2D eigenvalue weighted by Gasteiger charge is -2.43. The van der Waals surface area contributed by atoms with Crippen molar-refractivity contribution < 1.29 is 0 Å². The fourth-order valence-corrected chi connectivity index (χ4v) is 4.23. The van der Waals surface area contributed by atoms with E-state index in [0.717, 1.165) is 19.3 Å². The van der Waals surface area contributed by atoms with Gasteiger partial charge in [0.05, 0.1) is 0 Å². The molecule has 0 spiro atoms. The molecule has 0 saturated heterocycles. The van der Waals surface area contributed by atoms with Crippen LogP contribution >= 0.6 is 0 Å². The Kier molecular flexibility index (Phi) is 3.97. The number of rotatable bonds is 3. The predicted molar refractivity (Wildman–Crippen MR) is 104 cm³/mol. The number of benzene rings is 1. The van der Waals surface area contributed by atoms with Crippen LogP contribution in [0, 0.1) is 6.92 Å². The lowest BCUT2D eigenvalue weighted by Crippen LogP contribution is -2.42. The van der Waals surface area contributed by atoms with Gasteiger partial charge in [0.2, 0.25) is 0 Å². The smallest absolute Gasteiger partial charge is 0.0492 e. The molecular formula is C22H25N3. The summed E-state index contributed by atoms with van der Waals surface area (Å²) in [6, 6.07) is 13.0. The molecule has 2 heterocycles. The fraction of sp³-hybridized carbons (Fsp3) is 0.318. The number of aromatic nitrogens is 2. The largest absolute Gasteiger partial charge is 0.354 e. The molecular weight excluding hydrogens is 306 g/mol. The number of allylic oxidation sites excluding steroid dienone is 1. The number of nitrogens with one attached hydrogen (secondary N) is 1. The maximum atomic E-state index is 4.27. The number of aromatic amines is 1. The first-order valence-electron chi connectivity index (χ1n) is 8.96. The molecule has 3 aromatic rings. The van der Waals surface area contributed by atoms with Crippen LogP contribution in [-0.4, -0.2) is 29.0 Å². The molecule has 128 valence electrons. The molecule has 3 nitrogen and oxygen atoms in total. The quantitative estimate of drug-likeness (QED) is 0.740. The highest BCUT2D eigenvalue weighted by Gasteiger charge is 2.36. The summed E-state index contributed by atoms with van der Waals surface area (Å²) in [5.41, 5.74) is 6.70. The normalized spacial score (nSPS) is 20.9. The number of nitrogens with zero attached hydrogens (tertiary/aromatic N) is 2. The molecule has 2 aromatic heterocycles. The Labute approximate surface area is 149 Å². The zero-order chi connectivity index (χ0) is 17.4. The standard InChI is InChI=1S/C22H25N3/c1-16-19-15-23-14-11-20(19)24-21(16)17-9-12-22(13-10-17,25(2)3)18-7-5-4-6-8-18/h4-9,11,14-15,24H,10,12-13H2,1-3H3. The van der Waals surface area contributed by atoms with Gasteiger partial charge in [-0.25, -0.2) is 0 Å². The van der Waals surface area contributed by atoms with E-state index in [-0.39, 0.29) is 5.54 Å². The lowest BCUT2D eigenvalue weighted by molar-refractivity contribution is 0.138. The van der Waals surface area contributed by atoms with E-state index in [4.69, 9.17) is 0 Å². The number of pyridine rings is 1. The average molecular weight is 331 g/mol. The first-order valence-corrected chi connectivity index (χ1v) is 8.96. The SMILES string of the molecule is Cc1c(C2=CCC(c3ccccc3)(N(C)C)CC2)[nH]c2ccncc12. The van der Waals surface area contributed by atoms with Crippen molar-refractivity contribution in [1.82, 2.24) is 14.9 Å². The number of fused-ring (bicyclic) bond motifs is 1. The fourth-order valence-electron chi connectivity index (χ4n) is 4.23. The van der Waals surface area contributed by atoms with E-state index in [1.807, 2.05) is 12.4 Å². The van der Waals surface area contributed by atoms with Gasteiger partial charge >= 0.3 is 0 Å². The van der Waals surface area contributed by atoms with Gasteiger partial charge in [-0.05, 0) is 63.0 Å². The third-order valence-corrected chi connectivity index (χ3v) is 5.84. The summed E-state index contributed by atoms with van der Waals surface area (Å²) in [5.74, 6) is 0. The van der Waals surface area contributed by atoms with Crippen molar-refractivity contribution in [1.29, 1.82) is 0 Å². The van der Waals surface area contributed by atoms with E-state index < -0.39 is 0 Å². The van der Waals surface area contributed by atoms with Gasteiger partial charge in [0.15, 0.2) is 0 Å². The van der Waals surface area contributed by atoms with Crippen molar-refractivity contribution >= 4 is 16.5 Å². The van der Waals surface area contributed by atoms with Crippen molar-refractivity contribution in [2.75, 3.05) is 14.1 Å². The molecule has 0 aliphatic heterocycles. The molecule has 0 saturated carbocycles. The van der Waals surface area contributed by atoms with Crippen LogP contribution in [-0.2, 0) is 5.54 Å². The van der Waals surface area contributed by atoms with Gasteiger partial charge in [0.1, 0.15) is 0 Å². The molecule has 0 amide bonds. The molecule has 1 aromatic carbocycles. The first-order chi connectivity index (χ1) is 12.1. The summed E-state index contributed by atoms with van der Waals surface area (Å²) in [6.07, 6.45) is 9.48. The summed E-state index contributed by atoms with van der Waals surface area (Å²) in [5, 5.41) is 1.23. The number of hydrogen-bond donors (Lipinski definition) is 1. The predicted octanol–water partition coefficient (Wildman–Crippen LogP) is 4.90. The highest BCUT2D eigenvalue weighted by molar-refractivity contribution is 5.88. The second kappa shape index (κ2) is 6.16. The van der Waals surface area contributed by atoms with Gasteiger partial charge in [-0.1, -0.05) is 36.4 Å². The minimum absolute atomic E-state index is 0.0895. The number of H-pyrrole nitrogens is 1. The lowest BCUT2D eigenvalue weighted by atomic mass is 9.75. The second-order valence-electron chi connectivity index (χ2n) is 7.27. The van der Waals surface area contributed by atoms with Gasteiger partial charge in [-0.15, -0.1) is 0 Å². The minimum atomic E-state index is 0.0895. The van der Waals surface area contributed by atoms with Crippen LogP contribution in [0.5, 0.6) is 0 Å². The van der Waals surface area contributed by atoms with E-state index in [0.29, 0.717) is 0 Å². The maximum Gasteiger partial charge on any atom is 0.0492 e. The van der Waals surface area contributed by atoms with E-state index in [2.05, 4.69) is 78.4 Å². The Morgan fingerprint density at radius 1 is 1.12 bits per heavy atom. The Morgan fingerprint density at radius 2 is 1.92 bits per heavy atom. The average Bonchev–Trinajstić information content (AvgIpc) is 2.99. The van der Waals surface area contributed by atoms with Crippen molar-refractivity contribution in [3.63, 3.8) is 0 Å². The van der Waals surface area contributed by atoms with E-state index in [1.54, 1.807) is 0 Å². The van der Waals surface area contributed by atoms with E-state index >= 15 is 0 Å². The topological polar surface area (TPSA) is 31.9 Å². The van der Waals surface area contributed by atoms with Crippen molar-refractivity contribution in [2.24, 2.45) is 0 Å². The van der Waals surface area contributed by atoms with Gasteiger partial charge < -0.3 is 4.98 Å². The molecule has 1 atom stereocenters. The highest BCUT2D eigenvalue weighted by atomic mass is 15.1. The van der Waals surface area contributed by atoms with Crippen LogP contribution in [0.25, 0.3) is 16.5 Å². The molecule has 1 N–H and O–H groups in total. The van der Waals surface area contributed by atoms with Crippen molar-refractivity contribution in [2.45, 2.75) is 31.7 Å². The molecule has 0 fully saturated rings. The summed E-state index contributed by atoms with van der Waals surface area (Å²) in [6.45, 7) is 2.20. The van der Waals surface area contributed by atoms with Crippen LogP contribution in [0.15, 0.2) is 54.9 Å². The minimum Gasteiger partial charge on any atom is -0.354 e.